The number of carbonyl (C=O) groups excluding carboxylic acids is 1. The zero-order chi connectivity index (χ0) is 22.8. The van der Waals surface area contributed by atoms with Crippen LogP contribution in [0, 0.1) is 23.2 Å². The second kappa shape index (κ2) is 8.24. The molecule has 2 nitrogen and oxygen atoms in total. The molecule has 5 aliphatic carbocycles. The molecule has 0 aliphatic heterocycles. The van der Waals surface area contributed by atoms with E-state index in [1.165, 1.54) is 21.1 Å². The van der Waals surface area contributed by atoms with Gasteiger partial charge in [0.1, 0.15) is 0 Å². The molecule has 5 aliphatic rings. The molecule has 4 unspecified atom stereocenters. The summed E-state index contributed by atoms with van der Waals surface area (Å²) < 4.78 is 22.5. The minimum atomic E-state index is -2.07. The molecule has 1 aromatic carbocycles. The summed E-state index contributed by atoms with van der Waals surface area (Å²) >= 11 is -4.04. The first-order valence-corrected chi connectivity index (χ1v) is 23.5. The van der Waals surface area contributed by atoms with Gasteiger partial charge >= 0.3 is 202 Å². The van der Waals surface area contributed by atoms with Gasteiger partial charge in [0.25, 0.3) is 0 Å². The number of alkyl halides is 1. The van der Waals surface area contributed by atoms with Crippen molar-refractivity contribution in [3.8, 4) is 0 Å². The molecule has 171 valence electrons. The van der Waals surface area contributed by atoms with E-state index in [0.29, 0.717) is 37.0 Å². The number of hydrogen-bond acceptors (Lipinski definition) is 1. The van der Waals surface area contributed by atoms with E-state index in [1.54, 1.807) is 3.88 Å². The van der Waals surface area contributed by atoms with Crippen molar-refractivity contribution in [1.82, 2.24) is 3.80 Å². The zero-order valence-electron chi connectivity index (χ0n) is 20.2. The van der Waals surface area contributed by atoms with Crippen molar-refractivity contribution in [2.24, 2.45) is 23.2 Å². The van der Waals surface area contributed by atoms with Gasteiger partial charge in [0.15, 0.2) is 0 Å². The summed E-state index contributed by atoms with van der Waals surface area (Å²) in [6, 6.07) is 11.0. The van der Waals surface area contributed by atoms with Gasteiger partial charge in [-0.3, -0.25) is 0 Å². The summed E-state index contributed by atoms with van der Waals surface area (Å²) in [5, 5.41) is 0. The Labute approximate surface area is 201 Å². The maximum absolute atomic E-state index is 15.6. The van der Waals surface area contributed by atoms with Crippen LogP contribution in [0.25, 0.3) is 0 Å². The van der Waals surface area contributed by atoms with E-state index >= 15 is 4.39 Å². The van der Waals surface area contributed by atoms with E-state index in [4.69, 9.17) is 0 Å². The summed E-state index contributed by atoms with van der Waals surface area (Å²) in [6.45, 7) is 9.13. The number of hydrogen-bond donors (Lipinski definition) is 1. The summed E-state index contributed by atoms with van der Waals surface area (Å²) in [6.07, 6.45) is 4.85. The number of allylic oxidation sites excluding steroid dienone is 4. The Morgan fingerprint density at radius 2 is 1.69 bits per heavy atom. The molecular weight excluding hydrogens is 494 g/mol. The Kier molecular flexibility index (Phi) is 5.95. The van der Waals surface area contributed by atoms with Gasteiger partial charge in [-0.25, -0.2) is 0 Å². The molecule has 0 saturated heterocycles. The van der Waals surface area contributed by atoms with Crippen molar-refractivity contribution < 1.29 is 25.1 Å². The Morgan fingerprint density at radius 3 is 2.22 bits per heavy atom. The quantitative estimate of drug-likeness (QED) is 0.503. The normalized spacial score (nSPS) is 36.6. The van der Waals surface area contributed by atoms with E-state index < -0.39 is 38.5 Å². The molecule has 5 heteroatoms. The van der Waals surface area contributed by atoms with Gasteiger partial charge in [-0.05, 0) is 0 Å². The van der Waals surface area contributed by atoms with Crippen molar-refractivity contribution in [2.75, 3.05) is 0 Å². The summed E-state index contributed by atoms with van der Waals surface area (Å²) in [5.74, 6) is 3.99. The average molecular weight is 531 g/mol. The van der Waals surface area contributed by atoms with Gasteiger partial charge in [-0.2, -0.15) is 0 Å². The molecule has 32 heavy (non-hydrogen) atoms. The van der Waals surface area contributed by atoms with Gasteiger partial charge in [0.2, 0.25) is 0 Å². The number of rotatable bonds is 5. The van der Waals surface area contributed by atoms with Crippen LogP contribution in [-0.4, -0.2) is 23.1 Å². The van der Waals surface area contributed by atoms with Crippen molar-refractivity contribution in [3.05, 3.63) is 50.9 Å². The number of nitrogens with one attached hydrogen (secondary N) is 1. The van der Waals surface area contributed by atoms with Crippen LogP contribution in [0.2, 0.25) is 5.76 Å². The van der Waals surface area contributed by atoms with Gasteiger partial charge in [-0.15, -0.1) is 0 Å². The van der Waals surface area contributed by atoms with Crippen molar-refractivity contribution >= 4 is 21.8 Å². The number of benzene rings is 1. The third kappa shape index (κ3) is 3.75. The van der Waals surface area contributed by atoms with Crippen LogP contribution < -0.4 is 8.19 Å². The Bertz CT molecular complexity index is 988. The van der Waals surface area contributed by atoms with Crippen LogP contribution in [0.15, 0.2) is 50.9 Å². The first-order valence-electron chi connectivity index (χ1n) is 12.4. The average Bonchev–Trinajstić information content (AvgIpc) is 2.93. The van der Waals surface area contributed by atoms with E-state index in [2.05, 4.69) is 67.6 Å². The van der Waals surface area contributed by atoms with Gasteiger partial charge in [-0.1, -0.05) is 0 Å². The molecule has 0 radical (unpaired) electrons. The maximum atomic E-state index is 15.6. The Balaban J connectivity index is 1.49. The second-order valence-corrected chi connectivity index (χ2v) is 30.4. The van der Waals surface area contributed by atoms with E-state index in [9.17, 15) is 4.79 Å². The van der Waals surface area contributed by atoms with E-state index in [-0.39, 0.29) is 5.91 Å². The summed E-state index contributed by atoms with van der Waals surface area (Å²) in [4.78, 5) is 14.1. The molecule has 0 spiro atoms. The summed E-state index contributed by atoms with van der Waals surface area (Å²) in [5.41, 5.74) is 2.80. The predicted octanol–water partition coefficient (Wildman–Crippen LogP) is 5.47. The molecule has 4 fully saturated rings. The van der Waals surface area contributed by atoms with E-state index in [1.807, 2.05) is 0 Å². The second-order valence-electron chi connectivity index (χ2n) is 11.5. The number of halogens is 1. The molecule has 4 saturated carbocycles. The third-order valence-corrected chi connectivity index (χ3v) is 30.7. The number of amides is 1. The molecular formula is C27H37FGeNOTi. The topological polar surface area (TPSA) is 29.1 Å². The molecule has 1 N–H and O–H groups in total. The monoisotopic (exact) mass is 532 g/mol. The third-order valence-electron chi connectivity index (χ3n) is 9.38. The fourth-order valence-corrected chi connectivity index (χ4v) is 29.6. The Hall–Kier alpha value is -0.643. The van der Waals surface area contributed by atoms with Crippen LogP contribution in [0.3, 0.4) is 0 Å². The fraction of sp³-hybridized carbons (Fsp3) is 0.593. The minimum absolute atomic E-state index is 0.228. The predicted molar refractivity (Wildman–Crippen MR) is 128 cm³/mol. The van der Waals surface area contributed by atoms with Gasteiger partial charge < -0.3 is 0 Å². The first-order chi connectivity index (χ1) is 15.1. The molecule has 6 rings (SSSR count). The Morgan fingerprint density at radius 1 is 1.06 bits per heavy atom. The SMILES string of the molecule is CC1=C(C)C(C)[C]([Ti]([NH]C(=O)C23CC4CC(CC(F)(C4)C2)C3)[GeH]([CH3])[c]2ccccc2)=C1C. The van der Waals surface area contributed by atoms with Crippen molar-refractivity contribution in [3.63, 3.8) is 0 Å². The fourth-order valence-electron chi connectivity index (χ4n) is 7.79. The van der Waals surface area contributed by atoms with Crippen LogP contribution in [-0.2, 0) is 20.7 Å². The van der Waals surface area contributed by atoms with Crippen LogP contribution in [0.5, 0.6) is 0 Å². The van der Waals surface area contributed by atoms with Crippen LogP contribution in [0.4, 0.5) is 4.39 Å². The van der Waals surface area contributed by atoms with E-state index in [0.717, 1.165) is 19.3 Å². The van der Waals surface area contributed by atoms with Crippen LogP contribution in [0.1, 0.15) is 66.2 Å². The molecule has 1 aromatic rings. The van der Waals surface area contributed by atoms with Gasteiger partial charge in [0, 0.05) is 0 Å². The van der Waals surface area contributed by atoms with Gasteiger partial charge in [0.05, 0.1) is 0 Å². The zero-order valence-corrected chi connectivity index (χ0v) is 24.2. The molecule has 0 aromatic heterocycles. The van der Waals surface area contributed by atoms with Crippen molar-refractivity contribution in [1.29, 1.82) is 0 Å². The first kappa shape index (κ1) is 23.1. The van der Waals surface area contributed by atoms with Crippen molar-refractivity contribution in [2.45, 2.75) is 77.6 Å². The number of carbonyl (C=O) groups is 1. The molecule has 4 atom stereocenters. The standard InChI is InChI=1S/C11H16FNO.C9H13.C7H9Ge.Ti/c12-11-4-7-1-8(5-11)3-10(2-7,6-11)9(13)14;1-6-5-7(2)9(4)8(6)3;1-8-7-5-3-2-4-6-7;/h7-8H,1-6H2,(H2,13,14);6H,1-4H3;2-6,8H,1H3;/q;;;+1/p-1. The molecule has 1 amide bonds. The molecule has 0 heterocycles. The van der Waals surface area contributed by atoms with Crippen LogP contribution >= 0.6 is 0 Å². The molecule has 4 bridgehead atoms. The summed E-state index contributed by atoms with van der Waals surface area (Å²) in [7, 11) is 0.